The van der Waals surface area contributed by atoms with Crippen molar-refractivity contribution in [2.75, 3.05) is 20.5 Å². The highest BCUT2D eigenvalue weighted by Gasteiger charge is 2.06. The Morgan fingerprint density at radius 3 is 1.85 bits per heavy atom. The van der Waals surface area contributed by atoms with E-state index in [1.807, 2.05) is 25.9 Å². The predicted octanol–water partition coefficient (Wildman–Crippen LogP) is 1.57. The summed E-state index contributed by atoms with van der Waals surface area (Å²) in [5.41, 5.74) is 6.77. The van der Waals surface area contributed by atoms with Crippen LogP contribution in [0.15, 0.2) is 11.3 Å². The van der Waals surface area contributed by atoms with E-state index in [0.29, 0.717) is 5.57 Å². The lowest BCUT2D eigenvalue weighted by Crippen LogP contribution is -2.20. The highest BCUT2D eigenvalue weighted by atomic mass is 35.5. The first-order valence-electron chi connectivity index (χ1n) is 4.05. The third kappa shape index (κ3) is 5.53. The first kappa shape index (κ1) is 14.8. The van der Waals surface area contributed by atoms with Crippen LogP contribution in [0.2, 0.25) is 0 Å². The van der Waals surface area contributed by atoms with Crippen molar-refractivity contribution in [1.82, 2.24) is 4.90 Å². The van der Waals surface area contributed by atoms with Crippen LogP contribution in [-0.4, -0.2) is 31.3 Å². The molecule has 2 N–H and O–H groups in total. The van der Waals surface area contributed by atoms with Gasteiger partial charge in [0.15, 0.2) is 0 Å². The molecule has 0 heterocycles. The Hall–Kier alpha value is -0.700. The second-order valence-electron chi connectivity index (χ2n) is 2.68. The highest BCUT2D eigenvalue weighted by Crippen LogP contribution is 2.09. The van der Waals surface area contributed by atoms with Gasteiger partial charge in [-0.3, -0.25) is 4.79 Å². The molecule has 0 saturated carbocycles. The lowest BCUT2D eigenvalue weighted by Gasteiger charge is -2.17. The second kappa shape index (κ2) is 7.92. The van der Waals surface area contributed by atoms with E-state index in [0.717, 1.165) is 12.1 Å². The molecule has 0 radical (unpaired) electrons. The number of allylic oxidation sites excluding steroid dienone is 1. The number of nitrogens with zero attached hydrogens (tertiary/aromatic N) is 1. The minimum atomic E-state index is -0.337. The monoisotopic (exact) mass is 206 g/mol. The summed E-state index contributed by atoms with van der Waals surface area (Å²) in [6.45, 7) is 3.75. The average molecular weight is 207 g/mol. The largest absolute Gasteiger partial charge is 0.381 e. The van der Waals surface area contributed by atoms with Gasteiger partial charge in [-0.1, -0.05) is 6.92 Å². The normalized spacial score (nSPS) is 10.9. The van der Waals surface area contributed by atoms with Gasteiger partial charge in [0, 0.05) is 31.7 Å². The maximum Gasteiger partial charge on any atom is 0.246 e. The standard InChI is InChI=1S/C8H16N2O.CH3Cl/c1-5-7(10(3)4)6(2)8(9)11;1-2/h5H2,1-4H3,(H2,9,11);1H3/b7-6+;. The van der Waals surface area contributed by atoms with Gasteiger partial charge in [-0.15, -0.1) is 11.6 Å². The highest BCUT2D eigenvalue weighted by molar-refractivity contribution is 6.15. The molecule has 0 aromatic rings. The maximum atomic E-state index is 10.7. The van der Waals surface area contributed by atoms with E-state index in [4.69, 9.17) is 5.73 Å². The first-order chi connectivity index (χ1) is 6.00. The van der Waals surface area contributed by atoms with Crippen molar-refractivity contribution in [3.63, 3.8) is 0 Å². The van der Waals surface area contributed by atoms with Gasteiger partial charge in [-0.2, -0.15) is 0 Å². The minimum absolute atomic E-state index is 0.337. The van der Waals surface area contributed by atoms with Crippen molar-refractivity contribution in [3.8, 4) is 0 Å². The van der Waals surface area contributed by atoms with Crippen LogP contribution in [0.4, 0.5) is 0 Å². The number of carbonyl (C=O) groups excluding carboxylic acids is 1. The molecule has 1 amide bonds. The fourth-order valence-corrected chi connectivity index (χ4v) is 1.06. The van der Waals surface area contributed by atoms with Crippen LogP contribution in [0.5, 0.6) is 0 Å². The fourth-order valence-electron chi connectivity index (χ4n) is 1.06. The molecule has 0 fully saturated rings. The second-order valence-corrected chi connectivity index (χ2v) is 2.68. The predicted molar refractivity (Wildman–Crippen MR) is 57.6 cm³/mol. The molecule has 0 aliphatic rings. The molecule has 0 bridgehead atoms. The van der Waals surface area contributed by atoms with E-state index in [2.05, 4.69) is 11.6 Å². The molecule has 4 heteroatoms. The molecule has 13 heavy (non-hydrogen) atoms. The lowest BCUT2D eigenvalue weighted by atomic mass is 10.1. The van der Waals surface area contributed by atoms with Crippen molar-refractivity contribution in [3.05, 3.63) is 11.3 Å². The van der Waals surface area contributed by atoms with Gasteiger partial charge in [-0.05, 0) is 13.3 Å². The molecule has 0 saturated heterocycles. The SMILES string of the molecule is CC/C(=C(/C)C(N)=O)N(C)C.CCl. The summed E-state index contributed by atoms with van der Waals surface area (Å²) >= 11 is 4.64. The molecular weight excluding hydrogens is 188 g/mol. The summed E-state index contributed by atoms with van der Waals surface area (Å²) in [5.74, 6) is -0.337. The van der Waals surface area contributed by atoms with E-state index in [9.17, 15) is 4.79 Å². The van der Waals surface area contributed by atoms with Crippen molar-refractivity contribution < 1.29 is 4.79 Å². The molecule has 0 aliphatic heterocycles. The summed E-state index contributed by atoms with van der Waals surface area (Å²) in [6.07, 6.45) is 2.31. The van der Waals surface area contributed by atoms with Crippen LogP contribution >= 0.6 is 11.6 Å². The van der Waals surface area contributed by atoms with Crippen molar-refractivity contribution in [2.45, 2.75) is 20.3 Å². The number of nitrogens with two attached hydrogens (primary N) is 1. The molecule has 0 atom stereocenters. The Morgan fingerprint density at radius 2 is 1.77 bits per heavy atom. The number of rotatable bonds is 3. The lowest BCUT2D eigenvalue weighted by molar-refractivity contribution is -0.114. The number of alkyl halides is 1. The molecule has 0 spiro atoms. The van der Waals surface area contributed by atoms with Crippen LogP contribution in [0, 0.1) is 0 Å². The molecule has 0 aliphatic carbocycles. The van der Waals surface area contributed by atoms with Crippen LogP contribution in [-0.2, 0) is 4.79 Å². The Morgan fingerprint density at radius 1 is 1.38 bits per heavy atom. The zero-order chi connectivity index (χ0) is 11.0. The number of carbonyl (C=O) groups is 1. The molecule has 3 nitrogen and oxygen atoms in total. The van der Waals surface area contributed by atoms with Gasteiger partial charge >= 0.3 is 0 Å². The van der Waals surface area contributed by atoms with Gasteiger partial charge in [0.2, 0.25) is 5.91 Å². The maximum absolute atomic E-state index is 10.7. The number of hydrogen-bond donors (Lipinski definition) is 1. The van der Waals surface area contributed by atoms with Crippen LogP contribution in [0.25, 0.3) is 0 Å². The van der Waals surface area contributed by atoms with Crippen molar-refractivity contribution >= 4 is 17.5 Å². The summed E-state index contributed by atoms with van der Waals surface area (Å²) in [7, 11) is 3.82. The third-order valence-corrected chi connectivity index (χ3v) is 1.68. The zero-order valence-corrected chi connectivity index (χ0v) is 9.77. The number of hydrogen-bond acceptors (Lipinski definition) is 2. The van der Waals surface area contributed by atoms with Gasteiger partial charge in [0.25, 0.3) is 0 Å². The molecular formula is C9H19ClN2O. The van der Waals surface area contributed by atoms with E-state index >= 15 is 0 Å². The molecule has 78 valence electrons. The Balaban J connectivity index is 0. The van der Waals surface area contributed by atoms with Gasteiger partial charge < -0.3 is 10.6 Å². The van der Waals surface area contributed by atoms with E-state index < -0.39 is 0 Å². The summed E-state index contributed by atoms with van der Waals surface area (Å²) in [4.78, 5) is 12.7. The number of amides is 1. The van der Waals surface area contributed by atoms with Crippen molar-refractivity contribution in [2.24, 2.45) is 5.73 Å². The quantitative estimate of drug-likeness (QED) is 0.563. The van der Waals surface area contributed by atoms with Gasteiger partial charge in [-0.25, -0.2) is 0 Å². The van der Waals surface area contributed by atoms with Crippen LogP contribution in [0.1, 0.15) is 20.3 Å². The van der Waals surface area contributed by atoms with E-state index in [1.165, 1.54) is 6.38 Å². The van der Waals surface area contributed by atoms with Gasteiger partial charge in [0.1, 0.15) is 0 Å². The molecule has 0 aromatic heterocycles. The van der Waals surface area contributed by atoms with Crippen LogP contribution < -0.4 is 5.73 Å². The van der Waals surface area contributed by atoms with Crippen molar-refractivity contribution in [1.29, 1.82) is 0 Å². The summed E-state index contributed by atoms with van der Waals surface area (Å²) in [5, 5.41) is 0. The fraction of sp³-hybridized carbons (Fsp3) is 0.667. The Labute approximate surface area is 85.5 Å². The molecule has 0 aromatic carbocycles. The number of primary amides is 1. The minimum Gasteiger partial charge on any atom is -0.381 e. The summed E-state index contributed by atoms with van der Waals surface area (Å²) in [6, 6.07) is 0. The first-order valence-corrected chi connectivity index (χ1v) is 4.81. The van der Waals surface area contributed by atoms with E-state index in [-0.39, 0.29) is 5.91 Å². The smallest absolute Gasteiger partial charge is 0.246 e. The Bertz CT molecular complexity index is 188. The molecule has 0 rings (SSSR count). The number of halogens is 1. The average Bonchev–Trinajstić information content (AvgIpc) is 2.08. The Kier molecular flexibility index (Phi) is 9.02. The van der Waals surface area contributed by atoms with E-state index in [1.54, 1.807) is 6.92 Å². The zero-order valence-electron chi connectivity index (χ0n) is 9.02. The summed E-state index contributed by atoms with van der Waals surface area (Å²) < 4.78 is 0. The third-order valence-electron chi connectivity index (χ3n) is 1.68. The topological polar surface area (TPSA) is 46.3 Å². The van der Waals surface area contributed by atoms with Gasteiger partial charge in [0.05, 0.1) is 0 Å². The molecule has 0 unspecified atom stereocenters. The van der Waals surface area contributed by atoms with Crippen LogP contribution in [0.3, 0.4) is 0 Å².